The molecule has 1 aliphatic rings. The number of alkyl halides is 1. The molecule has 0 radical (unpaired) electrons. The van der Waals surface area contributed by atoms with Gasteiger partial charge in [0.2, 0.25) is 0 Å². The van der Waals surface area contributed by atoms with Gasteiger partial charge in [-0.2, -0.15) is 0 Å². The maximum Gasteiger partial charge on any atom is 0.407 e. The number of halogens is 1. The van der Waals surface area contributed by atoms with Crippen molar-refractivity contribution < 1.29 is 9.53 Å². The summed E-state index contributed by atoms with van der Waals surface area (Å²) < 4.78 is 6.61. The smallest absolute Gasteiger partial charge is 0.407 e. The molecule has 170 valence electrons. The van der Waals surface area contributed by atoms with Crippen LogP contribution in [0.5, 0.6) is 0 Å². The third-order valence-electron chi connectivity index (χ3n) is 5.34. The van der Waals surface area contributed by atoms with Gasteiger partial charge in [0.05, 0.1) is 16.1 Å². The van der Waals surface area contributed by atoms with Crippen molar-refractivity contribution in [3.8, 4) is 10.4 Å². The molecular formula is C24H34IN3O2S. The molecule has 0 spiro atoms. The van der Waals surface area contributed by atoms with Crippen molar-refractivity contribution in [3.05, 3.63) is 35.0 Å². The van der Waals surface area contributed by atoms with E-state index in [9.17, 15) is 4.79 Å². The second kappa shape index (κ2) is 10.5. The molecule has 1 amide bonds. The lowest BCUT2D eigenvalue weighted by molar-refractivity contribution is 0.0523. The second-order valence-corrected chi connectivity index (χ2v) is 11.2. The lowest BCUT2D eigenvalue weighted by Gasteiger charge is -2.29. The topological polar surface area (TPSA) is 54.5 Å². The van der Waals surface area contributed by atoms with E-state index in [1.807, 2.05) is 26.3 Å². The van der Waals surface area contributed by atoms with E-state index in [4.69, 9.17) is 4.74 Å². The van der Waals surface area contributed by atoms with Crippen LogP contribution in [0.3, 0.4) is 0 Å². The molecule has 1 aliphatic carbocycles. The summed E-state index contributed by atoms with van der Waals surface area (Å²) in [6.45, 7) is 11.5. The summed E-state index contributed by atoms with van der Waals surface area (Å²) in [4.78, 5) is 20.5. The number of thiazole rings is 1. The van der Waals surface area contributed by atoms with Crippen molar-refractivity contribution in [2.24, 2.45) is 5.92 Å². The number of nitrogens with zero attached hydrogens (tertiary/aromatic N) is 2. The highest BCUT2D eigenvalue weighted by molar-refractivity contribution is 14.1. The van der Waals surface area contributed by atoms with Crippen LogP contribution in [0.2, 0.25) is 0 Å². The van der Waals surface area contributed by atoms with Gasteiger partial charge in [-0.1, -0.05) is 41.6 Å². The Bertz CT molecular complexity index is 889. The largest absolute Gasteiger partial charge is 0.444 e. The van der Waals surface area contributed by atoms with Gasteiger partial charge < -0.3 is 15.0 Å². The van der Waals surface area contributed by atoms with Crippen molar-refractivity contribution >= 4 is 45.7 Å². The number of nitrogens with one attached hydrogen (secondary N) is 1. The van der Waals surface area contributed by atoms with E-state index in [0.29, 0.717) is 18.5 Å². The average molecular weight is 556 g/mol. The Hall–Kier alpha value is -1.35. The number of rotatable bonds is 9. The Kier molecular flexibility index (Phi) is 8.24. The zero-order chi connectivity index (χ0) is 22.6. The number of benzene rings is 1. The lowest BCUT2D eigenvalue weighted by Crippen LogP contribution is -2.33. The molecule has 7 heteroatoms. The molecular weight excluding hydrogens is 521 g/mol. The van der Waals surface area contributed by atoms with Crippen molar-refractivity contribution in [1.82, 2.24) is 10.3 Å². The number of amides is 1. The highest BCUT2D eigenvalue weighted by Crippen LogP contribution is 2.38. The molecule has 1 N–H and O–H groups in total. The molecule has 3 rings (SSSR count). The van der Waals surface area contributed by atoms with Crippen molar-refractivity contribution in [2.45, 2.75) is 72.1 Å². The summed E-state index contributed by atoms with van der Waals surface area (Å²) in [6.07, 6.45) is 3.27. The molecule has 1 aromatic carbocycles. The van der Waals surface area contributed by atoms with Gasteiger partial charge in [0, 0.05) is 29.2 Å². The van der Waals surface area contributed by atoms with Crippen LogP contribution in [0.15, 0.2) is 23.7 Å². The van der Waals surface area contributed by atoms with Crippen LogP contribution in [0.25, 0.3) is 10.4 Å². The lowest BCUT2D eigenvalue weighted by atomic mass is 10.0. The summed E-state index contributed by atoms with van der Waals surface area (Å²) in [7, 11) is 0. The van der Waals surface area contributed by atoms with Crippen molar-refractivity contribution in [3.63, 3.8) is 0 Å². The van der Waals surface area contributed by atoms with Crippen LogP contribution >= 0.6 is 33.9 Å². The van der Waals surface area contributed by atoms with Gasteiger partial charge in [-0.15, -0.1) is 11.3 Å². The maximum atomic E-state index is 12.3. The number of carbonyl (C=O) groups excluding carboxylic acids is 1. The number of aromatic nitrogens is 1. The summed E-state index contributed by atoms with van der Waals surface area (Å²) in [5.74, 6) is 0.692. The molecule has 1 fully saturated rings. The number of aryl methyl sites for hydroxylation is 1. The van der Waals surface area contributed by atoms with Crippen molar-refractivity contribution in [1.29, 1.82) is 0 Å². The normalized spacial score (nSPS) is 14.9. The third-order valence-corrected chi connectivity index (χ3v) is 7.82. The average Bonchev–Trinajstić information content (AvgIpc) is 3.45. The zero-order valence-electron chi connectivity index (χ0n) is 19.2. The number of alkyl carbamates (subject to hydrolysis) is 1. The summed E-state index contributed by atoms with van der Waals surface area (Å²) in [5.41, 5.74) is 6.02. The molecule has 1 unspecified atom stereocenters. The molecule has 1 heterocycles. The fraction of sp³-hybridized carbons (Fsp3) is 0.583. The van der Waals surface area contributed by atoms with Crippen LogP contribution < -0.4 is 10.2 Å². The molecule has 31 heavy (non-hydrogen) atoms. The molecule has 1 atom stereocenters. The number of ether oxygens (including phenoxy) is 1. The minimum absolute atomic E-state index is 0.377. The first-order valence-electron chi connectivity index (χ1n) is 11.0. The summed E-state index contributed by atoms with van der Waals surface area (Å²) in [5, 5.41) is 2.95. The van der Waals surface area contributed by atoms with Crippen LogP contribution in [0.4, 0.5) is 10.5 Å². The van der Waals surface area contributed by atoms with Crippen molar-refractivity contribution in [2.75, 3.05) is 15.9 Å². The Balaban J connectivity index is 1.88. The molecule has 0 aliphatic heterocycles. The Morgan fingerprint density at radius 3 is 2.71 bits per heavy atom. The Morgan fingerprint density at radius 1 is 1.39 bits per heavy atom. The molecule has 1 saturated carbocycles. The van der Waals surface area contributed by atoms with Gasteiger partial charge in [0.15, 0.2) is 0 Å². The van der Waals surface area contributed by atoms with E-state index in [1.165, 1.54) is 39.8 Å². The van der Waals surface area contributed by atoms with Gasteiger partial charge in [0.25, 0.3) is 0 Å². The number of carbonyl (C=O) groups is 1. The van der Waals surface area contributed by atoms with Crippen LogP contribution in [-0.4, -0.2) is 33.7 Å². The van der Waals surface area contributed by atoms with E-state index in [-0.39, 0.29) is 6.09 Å². The van der Waals surface area contributed by atoms with E-state index in [2.05, 4.69) is 69.8 Å². The molecule has 0 saturated heterocycles. The maximum absolute atomic E-state index is 12.3. The summed E-state index contributed by atoms with van der Waals surface area (Å²) >= 11 is 4.16. The number of hydrogen-bond donors (Lipinski definition) is 1. The molecule has 5 nitrogen and oxygen atoms in total. The second-order valence-electron chi connectivity index (χ2n) is 9.44. The van der Waals surface area contributed by atoms with E-state index >= 15 is 0 Å². The fourth-order valence-corrected chi connectivity index (χ4v) is 4.75. The van der Waals surface area contributed by atoms with Crippen LogP contribution in [-0.2, 0) is 11.3 Å². The van der Waals surface area contributed by atoms with E-state index < -0.39 is 5.60 Å². The predicted molar refractivity (Wildman–Crippen MR) is 138 cm³/mol. The van der Waals surface area contributed by atoms with Crippen LogP contribution in [0, 0.1) is 12.8 Å². The SMILES string of the molecule is Cc1ncsc1-c1ccc(CNC(=O)OC(C)(C)C)c(N(CCC(C)CI)C2CC2)c1. The van der Waals surface area contributed by atoms with Gasteiger partial charge in [-0.05, 0) is 70.1 Å². The molecule has 1 aromatic heterocycles. The van der Waals surface area contributed by atoms with Crippen LogP contribution in [0.1, 0.15) is 58.2 Å². The first-order valence-corrected chi connectivity index (χ1v) is 13.4. The minimum Gasteiger partial charge on any atom is -0.444 e. The first kappa shape index (κ1) is 24.3. The third kappa shape index (κ3) is 7.07. The molecule has 2 aromatic rings. The fourth-order valence-electron chi connectivity index (χ4n) is 3.51. The highest BCUT2D eigenvalue weighted by atomic mass is 127. The summed E-state index contributed by atoms with van der Waals surface area (Å²) in [6, 6.07) is 7.19. The Morgan fingerprint density at radius 2 is 2.13 bits per heavy atom. The zero-order valence-corrected chi connectivity index (χ0v) is 22.2. The number of hydrogen-bond acceptors (Lipinski definition) is 5. The predicted octanol–water partition coefficient (Wildman–Crippen LogP) is 6.57. The first-order chi connectivity index (χ1) is 14.7. The highest BCUT2D eigenvalue weighted by Gasteiger charge is 2.31. The monoisotopic (exact) mass is 555 g/mol. The van der Waals surface area contributed by atoms with E-state index in [1.54, 1.807) is 11.3 Å². The Labute approximate surface area is 204 Å². The minimum atomic E-state index is -0.504. The standard InChI is InChI=1S/C24H34IN3O2S/c1-16(13-25)10-11-28(20-8-9-20)21-12-18(22-17(2)27-15-31-22)6-7-19(21)14-26-23(29)30-24(3,4)5/h6-7,12,15-16,20H,8-11,13-14H2,1-5H3,(H,26,29). The van der Waals surface area contributed by atoms with Gasteiger partial charge in [-0.25, -0.2) is 9.78 Å². The number of anilines is 1. The van der Waals surface area contributed by atoms with Gasteiger partial charge >= 0.3 is 6.09 Å². The van der Waals surface area contributed by atoms with E-state index in [0.717, 1.165) is 17.8 Å². The quantitative estimate of drug-likeness (QED) is 0.281. The van der Waals surface area contributed by atoms with Gasteiger partial charge in [0.1, 0.15) is 5.60 Å². The molecule has 0 bridgehead atoms. The van der Waals surface area contributed by atoms with Gasteiger partial charge in [-0.3, -0.25) is 0 Å².